The van der Waals surface area contributed by atoms with E-state index in [4.69, 9.17) is 5.11 Å². The number of nitrogens with zero attached hydrogens (tertiary/aromatic N) is 3. The minimum absolute atomic E-state index is 0.0374. The molecule has 39 heavy (non-hydrogen) atoms. The largest absolute Gasteiger partial charge is 0.417 e. The first-order valence-corrected chi connectivity index (χ1v) is 12.8. The average molecular weight is 548 g/mol. The summed E-state index contributed by atoms with van der Waals surface area (Å²) in [6.45, 7) is 4.50. The predicted molar refractivity (Wildman–Crippen MR) is 140 cm³/mol. The molecule has 2 heterocycles. The van der Waals surface area contributed by atoms with Crippen LogP contribution in [0.4, 0.5) is 23.7 Å². The highest BCUT2D eigenvalue weighted by atomic mass is 19.4. The van der Waals surface area contributed by atoms with Crippen molar-refractivity contribution in [2.24, 2.45) is 5.92 Å². The fourth-order valence-corrected chi connectivity index (χ4v) is 4.96. The summed E-state index contributed by atoms with van der Waals surface area (Å²) in [4.78, 5) is 26.5. The van der Waals surface area contributed by atoms with E-state index in [1.807, 2.05) is 13.8 Å². The van der Waals surface area contributed by atoms with E-state index in [1.54, 1.807) is 12.1 Å². The van der Waals surface area contributed by atoms with Gasteiger partial charge in [-0.2, -0.15) is 18.3 Å². The number of hydrogen-bond donors (Lipinski definition) is 4. The zero-order chi connectivity index (χ0) is 28.4. The van der Waals surface area contributed by atoms with Gasteiger partial charge < -0.3 is 25.7 Å². The normalized spacial score (nSPS) is 15.5. The van der Waals surface area contributed by atoms with Gasteiger partial charge in [0.1, 0.15) is 0 Å². The molecule has 0 atom stereocenters. The topological polar surface area (TPSA) is 120 Å². The number of urea groups is 1. The molecule has 0 aliphatic carbocycles. The average Bonchev–Trinajstić information content (AvgIpc) is 3.29. The summed E-state index contributed by atoms with van der Waals surface area (Å²) in [7, 11) is 0. The molecule has 0 saturated carbocycles. The third-order valence-corrected chi connectivity index (χ3v) is 6.79. The van der Waals surface area contributed by atoms with Crippen molar-refractivity contribution in [3.05, 3.63) is 53.7 Å². The lowest BCUT2D eigenvalue weighted by Gasteiger charge is -2.39. The first-order chi connectivity index (χ1) is 18.4. The van der Waals surface area contributed by atoms with Crippen LogP contribution in [-0.4, -0.2) is 68.7 Å². The highest BCUT2D eigenvalue weighted by molar-refractivity contribution is 5.95. The summed E-state index contributed by atoms with van der Waals surface area (Å²) in [5.74, 6) is -0.0991. The highest BCUT2D eigenvalue weighted by Gasteiger charge is 2.36. The Labute approximate surface area is 223 Å². The van der Waals surface area contributed by atoms with Crippen molar-refractivity contribution in [1.29, 1.82) is 0 Å². The Bertz CT molecular complexity index is 1330. The fraction of sp³-hybridized carbons (Fsp3) is 0.444. The number of hydrogen-bond acceptors (Lipinski definition) is 5. The number of carbonyl (C=O) groups excluding carboxylic acids is 2. The molecule has 2 aromatic carbocycles. The van der Waals surface area contributed by atoms with E-state index >= 15 is 0 Å². The molecule has 1 saturated heterocycles. The number of likely N-dealkylation sites (tertiary alicyclic amines) is 1. The van der Waals surface area contributed by atoms with Crippen molar-refractivity contribution in [2.75, 3.05) is 31.6 Å². The summed E-state index contributed by atoms with van der Waals surface area (Å²) in [6, 6.07) is 7.87. The van der Waals surface area contributed by atoms with Crippen LogP contribution in [0, 0.1) is 5.92 Å². The van der Waals surface area contributed by atoms with Crippen LogP contribution in [0.3, 0.4) is 0 Å². The zero-order valence-corrected chi connectivity index (χ0v) is 21.8. The number of piperidine rings is 1. The first kappa shape index (κ1) is 28.4. The number of nitrogens with one attached hydrogen (secondary N) is 2. The van der Waals surface area contributed by atoms with Crippen LogP contribution in [-0.2, 0) is 6.18 Å². The lowest BCUT2D eigenvalue weighted by Crippen LogP contribution is -2.48. The number of aromatic nitrogens is 2. The highest BCUT2D eigenvalue weighted by Crippen LogP contribution is 2.38. The van der Waals surface area contributed by atoms with Crippen molar-refractivity contribution in [3.63, 3.8) is 0 Å². The molecule has 4 N–H and O–H groups in total. The molecule has 3 amide bonds. The first-order valence-electron chi connectivity index (χ1n) is 12.8. The lowest BCUT2D eigenvalue weighted by molar-refractivity contribution is -0.136. The molecule has 210 valence electrons. The number of fused-ring (bicyclic) bond motifs is 1. The maximum atomic E-state index is 14.0. The van der Waals surface area contributed by atoms with Crippen LogP contribution in [0.1, 0.15) is 49.0 Å². The number of aliphatic hydroxyl groups excluding tert-OH is 1. The van der Waals surface area contributed by atoms with E-state index in [1.165, 1.54) is 27.8 Å². The van der Waals surface area contributed by atoms with Gasteiger partial charge in [0.15, 0.2) is 0 Å². The van der Waals surface area contributed by atoms with Crippen LogP contribution >= 0.6 is 0 Å². The molecule has 1 aromatic heterocycles. The van der Waals surface area contributed by atoms with Gasteiger partial charge in [0, 0.05) is 36.3 Å². The number of amides is 3. The molecule has 0 bridgehead atoms. The predicted octanol–water partition coefficient (Wildman–Crippen LogP) is 4.17. The quantitative estimate of drug-likeness (QED) is 0.354. The standard InChI is InChI=1S/C27H32F3N5O4/c1-17(2)15-26(39)7-10-34(11-8-26)25(38)33-19-13-22(27(28,29)30)21-16-32-35(23(21)14-19)20-5-3-18(4-6-20)24(37)31-9-12-36/h3-6,13-14,16-17,36,39H,7-12,15H2,1-2H3,(H,31,37)(H,33,38). The van der Waals surface area contributed by atoms with E-state index in [2.05, 4.69) is 15.7 Å². The molecule has 12 heteroatoms. The van der Waals surface area contributed by atoms with Crippen LogP contribution in [0.5, 0.6) is 0 Å². The molecule has 1 aliphatic rings. The number of carbonyl (C=O) groups is 2. The van der Waals surface area contributed by atoms with E-state index in [0.717, 1.165) is 12.3 Å². The Morgan fingerprint density at radius 2 is 1.79 bits per heavy atom. The maximum Gasteiger partial charge on any atom is 0.417 e. The third kappa shape index (κ3) is 6.51. The number of halogens is 3. The Morgan fingerprint density at radius 1 is 1.13 bits per heavy atom. The van der Waals surface area contributed by atoms with Crippen molar-refractivity contribution >= 4 is 28.5 Å². The maximum absolute atomic E-state index is 14.0. The Balaban J connectivity index is 1.60. The summed E-state index contributed by atoms with van der Waals surface area (Å²) >= 11 is 0. The smallest absolute Gasteiger partial charge is 0.395 e. The van der Waals surface area contributed by atoms with Crippen LogP contribution in [0.25, 0.3) is 16.6 Å². The Hall–Kier alpha value is -3.64. The van der Waals surface area contributed by atoms with E-state index in [9.17, 15) is 27.9 Å². The Morgan fingerprint density at radius 3 is 2.38 bits per heavy atom. The lowest BCUT2D eigenvalue weighted by atomic mass is 9.84. The number of rotatable bonds is 7. The summed E-state index contributed by atoms with van der Waals surface area (Å²) < 4.78 is 43.3. The monoisotopic (exact) mass is 547 g/mol. The van der Waals surface area contributed by atoms with Crippen molar-refractivity contribution < 1.29 is 33.0 Å². The molecule has 1 fully saturated rings. The van der Waals surface area contributed by atoms with E-state index in [-0.39, 0.29) is 29.7 Å². The minimum Gasteiger partial charge on any atom is -0.395 e. The van der Waals surface area contributed by atoms with E-state index in [0.29, 0.717) is 49.5 Å². The summed E-state index contributed by atoms with van der Waals surface area (Å²) in [6.07, 6.45) is -2.17. The molecular weight excluding hydrogens is 515 g/mol. The van der Waals surface area contributed by atoms with Gasteiger partial charge in [-0.3, -0.25) is 4.79 Å². The van der Waals surface area contributed by atoms with Crippen LogP contribution in [0.2, 0.25) is 0 Å². The molecule has 0 radical (unpaired) electrons. The van der Waals surface area contributed by atoms with Gasteiger partial charge in [0.05, 0.1) is 35.2 Å². The minimum atomic E-state index is -4.69. The molecule has 1 aliphatic heterocycles. The van der Waals surface area contributed by atoms with Gasteiger partial charge in [-0.1, -0.05) is 13.8 Å². The van der Waals surface area contributed by atoms with Gasteiger partial charge in [0.2, 0.25) is 0 Å². The Kier molecular flexibility index (Phi) is 8.17. The van der Waals surface area contributed by atoms with Crippen molar-refractivity contribution in [3.8, 4) is 5.69 Å². The van der Waals surface area contributed by atoms with Crippen molar-refractivity contribution in [1.82, 2.24) is 20.0 Å². The fourth-order valence-electron chi connectivity index (χ4n) is 4.96. The SMILES string of the molecule is CC(C)CC1(O)CCN(C(=O)Nc2cc(C(F)(F)F)c3cnn(-c4ccc(C(=O)NCCO)cc4)c3c2)CC1. The van der Waals surface area contributed by atoms with Gasteiger partial charge in [-0.05, 0) is 61.6 Å². The summed E-state index contributed by atoms with van der Waals surface area (Å²) in [5.41, 5.74) is -0.969. The second kappa shape index (κ2) is 11.2. The number of benzene rings is 2. The second-order valence-electron chi connectivity index (χ2n) is 10.3. The van der Waals surface area contributed by atoms with Gasteiger partial charge >= 0.3 is 12.2 Å². The molecule has 0 spiro atoms. The summed E-state index contributed by atoms with van der Waals surface area (Å²) in [5, 5.41) is 28.7. The number of alkyl halides is 3. The number of aliphatic hydroxyl groups is 2. The number of anilines is 1. The third-order valence-electron chi connectivity index (χ3n) is 6.79. The van der Waals surface area contributed by atoms with E-state index < -0.39 is 29.3 Å². The van der Waals surface area contributed by atoms with Gasteiger partial charge in [-0.25, -0.2) is 9.48 Å². The van der Waals surface area contributed by atoms with Crippen molar-refractivity contribution in [2.45, 2.75) is 44.9 Å². The molecular formula is C27H32F3N5O4. The molecule has 4 rings (SSSR count). The van der Waals surface area contributed by atoms with Gasteiger partial charge in [-0.15, -0.1) is 0 Å². The molecule has 9 nitrogen and oxygen atoms in total. The molecule has 3 aromatic rings. The zero-order valence-electron chi connectivity index (χ0n) is 21.8. The van der Waals surface area contributed by atoms with Crippen LogP contribution in [0.15, 0.2) is 42.6 Å². The van der Waals surface area contributed by atoms with Gasteiger partial charge in [0.25, 0.3) is 5.91 Å². The molecule has 0 unspecified atom stereocenters. The second-order valence-corrected chi connectivity index (χ2v) is 10.3. The van der Waals surface area contributed by atoms with Crippen LogP contribution < -0.4 is 10.6 Å².